The molecule has 0 amide bonds. The van der Waals surface area contributed by atoms with Crippen LogP contribution in [0.25, 0.3) is 0 Å². The summed E-state index contributed by atoms with van der Waals surface area (Å²) in [5.74, 6) is -1.62. The van der Waals surface area contributed by atoms with Gasteiger partial charge in [0, 0.05) is 43.1 Å². The van der Waals surface area contributed by atoms with Crippen LogP contribution in [0.5, 0.6) is 0 Å². The Morgan fingerprint density at radius 3 is 2.85 bits per heavy atom. The zero-order chi connectivity index (χ0) is 27.4. The molecule has 1 aromatic heterocycles. The van der Waals surface area contributed by atoms with Crippen LogP contribution in [0.3, 0.4) is 0 Å². The minimum Gasteiger partial charge on any atom is -0.480 e. The fourth-order valence-corrected chi connectivity index (χ4v) is 6.05. The molecule has 212 valence electrons. The standard InChI is InChI=1S/C30H39F2N3O4/c1-35(28(30(36)37)24-15-20(31)16-25(32)27(24)26-9-3-5-14-39-26)22-17-23(18-22)38-13-4-2-8-21-11-10-19-7-6-12-33-29(19)34-21/h10-11,15-16,22-23,26,28H,2-9,12-14,17-18H2,1H3,(H,33,34)(H,36,37)/t22?,23?,26-,28?/m0/s1. The van der Waals surface area contributed by atoms with Crippen LogP contribution in [0.1, 0.15) is 85.9 Å². The summed E-state index contributed by atoms with van der Waals surface area (Å²) in [6.45, 7) is 2.11. The molecule has 1 aliphatic carbocycles. The molecule has 2 fully saturated rings. The van der Waals surface area contributed by atoms with Gasteiger partial charge in [-0.05, 0) is 94.5 Å². The lowest BCUT2D eigenvalue weighted by molar-refractivity contribution is -0.146. The van der Waals surface area contributed by atoms with E-state index in [2.05, 4.69) is 17.4 Å². The molecule has 1 saturated carbocycles. The number of fused-ring (bicyclic) bond motifs is 1. The highest BCUT2D eigenvalue weighted by molar-refractivity contribution is 5.76. The Labute approximate surface area is 228 Å². The molecule has 2 atom stereocenters. The Hall–Kier alpha value is -2.62. The first-order valence-corrected chi connectivity index (χ1v) is 14.3. The molecular weight excluding hydrogens is 504 g/mol. The van der Waals surface area contributed by atoms with Gasteiger partial charge in [0.05, 0.1) is 12.2 Å². The number of likely N-dealkylation sites (N-methyl/N-ethyl adjacent to an activating group) is 1. The second kappa shape index (κ2) is 12.7. The van der Waals surface area contributed by atoms with E-state index in [4.69, 9.17) is 14.5 Å². The summed E-state index contributed by atoms with van der Waals surface area (Å²) in [5, 5.41) is 13.5. The molecule has 1 aromatic carbocycles. The normalized spacial score (nSPS) is 23.5. The van der Waals surface area contributed by atoms with Crippen LogP contribution in [0.15, 0.2) is 24.3 Å². The third kappa shape index (κ3) is 6.58. The van der Waals surface area contributed by atoms with Gasteiger partial charge in [-0.1, -0.05) is 6.07 Å². The number of carboxylic acid groups (broad SMARTS) is 1. The quantitative estimate of drug-likeness (QED) is 0.358. The van der Waals surface area contributed by atoms with E-state index in [0.29, 0.717) is 32.5 Å². The van der Waals surface area contributed by atoms with Crippen molar-refractivity contribution in [3.05, 3.63) is 58.3 Å². The van der Waals surface area contributed by atoms with Gasteiger partial charge in [0.25, 0.3) is 0 Å². The van der Waals surface area contributed by atoms with Gasteiger partial charge in [-0.3, -0.25) is 9.69 Å². The van der Waals surface area contributed by atoms with Crippen LogP contribution >= 0.6 is 0 Å². The Morgan fingerprint density at radius 1 is 1.23 bits per heavy atom. The lowest BCUT2D eigenvalue weighted by atomic mass is 9.85. The van der Waals surface area contributed by atoms with Crippen LogP contribution < -0.4 is 5.32 Å². The summed E-state index contributed by atoms with van der Waals surface area (Å²) in [7, 11) is 1.72. The molecule has 1 saturated heterocycles. The average Bonchev–Trinajstić information content (AvgIpc) is 2.89. The van der Waals surface area contributed by atoms with E-state index in [0.717, 1.165) is 75.1 Å². The zero-order valence-electron chi connectivity index (χ0n) is 22.6. The molecule has 3 aliphatic rings. The molecule has 0 radical (unpaired) electrons. The number of carbonyl (C=O) groups is 1. The Morgan fingerprint density at radius 2 is 2.08 bits per heavy atom. The largest absolute Gasteiger partial charge is 0.480 e. The van der Waals surface area contributed by atoms with Crippen LogP contribution in [-0.4, -0.2) is 59.9 Å². The molecule has 2 N–H and O–H groups in total. The van der Waals surface area contributed by atoms with Crippen LogP contribution in [0.2, 0.25) is 0 Å². The van der Waals surface area contributed by atoms with E-state index in [-0.39, 0.29) is 23.3 Å². The van der Waals surface area contributed by atoms with Gasteiger partial charge in [-0.25, -0.2) is 13.8 Å². The maximum absolute atomic E-state index is 15.0. The maximum Gasteiger partial charge on any atom is 0.325 e. The number of aryl methyl sites for hydroxylation is 2. The summed E-state index contributed by atoms with van der Waals surface area (Å²) >= 11 is 0. The molecule has 9 heteroatoms. The molecule has 2 aliphatic heterocycles. The fraction of sp³-hybridized carbons (Fsp3) is 0.600. The predicted molar refractivity (Wildman–Crippen MR) is 144 cm³/mol. The Kier molecular flexibility index (Phi) is 9.10. The highest BCUT2D eigenvalue weighted by Crippen LogP contribution is 2.39. The van der Waals surface area contributed by atoms with E-state index in [1.807, 2.05) is 0 Å². The first-order valence-electron chi connectivity index (χ1n) is 14.3. The first kappa shape index (κ1) is 27.9. The molecule has 2 aromatic rings. The highest BCUT2D eigenvalue weighted by Gasteiger charge is 2.40. The third-order valence-electron chi connectivity index (χ3n) is 8.34. The molecule has 5 rings (SSSR count). The number of hydrogen-bond donors (Lipinski definition) is 2. The van der Waals surface area contributed by atoms with Gasteiger partial charge < -0.3 is 19.9 Å². The number of unbranched alkanes of at least 4 members (excludes halogenated alkanes) is 1. The molecule has 0 spiro atoms. The minimum absolute atomic E-state index is 0.0465. The van der Waals surface area contributed by atoms with E-state index >= 15 is 0 Å². The van der Waals surface area contributed by atoms with Crippen molar-refractivity contribution in [3.63, 3.8) is 0 Å². The summed E-state index contributed by atoms with van der Waals surface area (Å²) in [6, 6.07) is 5.07. The number of rotatable bonds is 11. The fourth-order valence-electron chi connectivity index (χ4n) is 6.05. The molecule has 3 heterocycles. The van der Waals surface area contributed by atoms with E-state index in [1.165, 1.54) is 5.56 Å². The molecule has 0 bridgehead atoms. The number of aliphatic carboxylic acids is 1. The van der Waals surface area contributed by atoms with Crippen molar-refractivity contribution >= 4 is 11.8 Å². The van der Waals surface area contributed by atoms with E-state index in [1.54, 1.807) is 11.9 Å². The number of nitrogens with zero attached hydrogens (tertiary/aromatic N) is 2. The molecule has 1 unspecified atom stereocenters. The van der Waals surface area contributed by atoms with Crippen molar-refractivity contribution in [3.8, 4) is 0 Å². The van der Waals surface area contributed by atoms with Gasteiger partial charge in [0.2, 0.25) is 0 Å². The Bertz CT molecular complexity index is 1150. The number of aromatic nitrogens is 1. The van der Waals surface area contributed by atoms with Crippen molar-refractivity contribution in [1.82, 2.24) is 9.88 Å². The van der Waals surface area contributed by atoms with E-state index in [9.17, 15) is 18.7 Å². The number of pyridine rings is 1. The Balaban J connectivity index is 1.12. The maximum atomic E-state index is 15.0. The number of benzene rings is 1. The second-order valence-electron chi connectivity index (χ2n) is 11.1. The number of carboxylic acids is 1. The summed E-state index contributed by atoms with van der Waals surface area (Å²) < 4.78 is 41.1. The van der Waals surface area contributed by atoms with Gasteiger partial charge >= 0.3 is 5.97 Å². The number of nitrogens with one attached hydrogen (secondary N) is 1. The number of anilines is 1. The molecule has 39 heavy (non-hydrogen) atoms. The first-order chi connectivity index (χ1) is 18.9. The smallest absolute Gasteiger partial charge is 0.325 e. The molecular formula is C30H39F2N3O4. The topological polar surface area (TPSA) is 83.9 Å². The van der Waals surface area contributed by atoms with Crippen molar-refractivity contribution < 1.29 is 28.2 Å². The number of hydrogen-bond acceptors (Lipinski definition) is 6. The van der Waals surface area contributed by atoms with Crippen molar-refractivity contribution in [1.29, 1.82) is 0 Å². The monoisotopic (exact) mass is 543 g/mol. The van der Waals surface area contributed by atoms with Gasteiger partial charge in [-0.15, -0.1) is 0 Å². The summed E-state index contributed by atoms with van der Waals surface area (Å²) in [6.07, 6.45) is 8.25. The van der Waals surface area contributed by atoms with E-state index < -0.39 is 29.7 Å². The van der Waals surface area contributed by atoms with Gasteiger partial charge in [-0.2, -0.15) is 0 Å². The highest BCUT2D eigenvalue weighted by atomic mass is 19.1. The number of ether oxygens (including phenoxy) is 2. The lowest BCUT2D eigenvalue weighted by Crippen LogP contribution is -2.49. The third-order valence-corrected chi connectivity index (χ3v) is 8.34. The average molecular weight is 544 g/mol. The van der Waals surface area contributed by atoms with Gasteiger partial charge in [0.15, 0.2) is 0 Å². The van der Waals surface area contributed by atoms with Crippen LogP contribution in [-0.2, 0) is 27.1 Å². The second-order valence-corrected chi connectivity index (χ2v) is 11.1. The SMILES string of the molecule is CN(C1CC(OCCCCc2ccc3c(n2)NCCC3)C1)C(C(=O)O)c1cc(F)cc(F)c1[C@@H]1CCCCO1. The summed E-state index contributed by atoms with van der Waals surface area (Å²) in [5.41, 5.74) is 2.71. The van der Waals surface area contributed by atoms with Gasteiger partial charge in [0.1, 0.15) is 23.5 Å². The van der Waals surface area contributed by atoms with Crippen molar-refractivity contribution in [2.45, 2.75) is 88.5 Å². The minimum atomic E-state index is -1.17. The summed E-state index contributed by atoms with van der Waals surface area (Å²) in [4.78, 5) is 18.9. The predicted octanol–water partition coefficient (Wildman–Crippen LogP) is 5.59. The zero-order valence-corrected chi connectivity index (χ0v) is 22.6. The van der Waals surface area contributed by atoms with Crippen LogP contribution in [0, 0.1) is 11.6 Å². The van der Waals surface area contributed by atoms with Crippen molar-refractivity contribution in [2.75, 3.05) is 32.1 Å². The van der Waals surface area contributed by atoms with Crippen molar-refractivity contribution in [2.24, 2.45) is 0 Å². The number of halogens is 2. The van der Waals surface area contributed by atoms with Crippen LogP contribution in [0.4, 0.5) is 14.6 Å². The molecule has 7 nitrogen and oxygen atoms in total. The lowest BCUT2D eigenvalue weighted by Gasteiger charge is -2.43.